The highest BCUT2D eigenvalue weighted by atomic mass is 35.5. The smallest absolute Gasteiger partial charge is 0.312 e. The molecule has 0 saturated carbocycles. The molecule has 0 aliphatic heterocycles. The van der Waals surface area contributed by atoms with E-state index >= 15 is 0 Å². The van der Waals surface area contributed by atoms with Gasteiger partial charge in [0, 0.05) is 24.2 Å². The zero-order chi connectivity index (χ0) is 9.61. The summed E-state index contributed by atoms with van der Waals surface area (Å²) in [6.07, 6.45) is 0. The molecule has 0 radical (unpaired) electrons. The molecular formula is C6H11ClF3NS. The van der Waals surface area contributed by atoms with Gasteiger partial charge in [0.2, 0.25) is 0 Å². The molecule has 0 aromatic carbocycles. The van der Waals surface area contributed by atoms with Gasteiger partial charge in [-0.15, -0.1) is 11.6 Å². The van der Waals surface area contributed by atoms with Crippen LogP contribution in [0.5, 0.6) is 0 Å². The van der Waals surface area contributed by atoms with Crippen LogP contribution >= 0.6 is 23.4 Å². The van der Waals surface area contributed by atoms with Crippen LogP contribution in [-0.4, -0.2) is 29.7 Å². The molecule has 0 spiro atoms. The Morgan fingerprint density at radius 3 is 2.50 bits per heavy atom. The van der Waals surface area contributed by atoms with E-state index < -0.39 is 5.51 Å². The fourth-order valence-corrected chi connectivity index (χ4v) is 1.09. The molecule has 0 bridgehead atoms. The van der Waals surface area contributed by atoms with Gasteiger partial charge in [0.1, 0.15) is 0 Å². The van der Waals surface area contributed by atoms with Gasteiger partial charge in [-0.1, -0.05) is 0 Å². The van der Waals surface area contributed by atoms with Gasteiger partial charge in [-0.05, 0) is 18.7 Å². The van der Waals surface area contributed by atoms with Gasteiger partial charge in [0.25, 0.3) is 0 Å². The molecule has 12 heavy (non-hydrogen) atoms. The quantitative estimate of drug-likeness (QED) is 0.566. The fourth-order valence-electron chi connectivity index (χ4n) is 0.527. The number of hydrogen-bond acceptors (Lipinski definition) is 2. The van der Waals surface area contributed by atoms with E-state index in [0.717, 1.165) is 0 Å². The Bertz CT molecular complexity index is 120. The lowest BCUT2D eigenvalue weighted by atomic mass is 10.4. The average Bonchev–Trinajstić information content (AvgIpc) is 1.96. The molecule has 0 aliphatic carbocycles. The minimum Gasteiger partial charge on any atom is -0.312 e. The average molecular weight is 222 g/mol. The van der Waals surface area contributed by atoms with E-state index in [-0.39, 0.29) is 23.6 Å². The molecule has 0 aromatic rings. The van der Waals surface area contributed by atoms with Crippen LogP contribution in [0.1, 0.15) is 6.92 Å². The number of thioether (sulfide) groups is 1. The van der Waals surface area contributed by atoms with Crippen LogP contribution in [0.4, 0.5) is 13.2 Å². The second kappa shape index (κ2) is 5.94. The van der Waals surface area contributed by atoms with Crippen molar-refractivity contribution in [2.75, 3.05) is 18.2 Å². The van der Waals surface area contributed by atoms with Gasteiger partial charge in [-0.3, -0.25) is 0 Å². The number of hydrogen-bond donors (Lipinski definition) is 1. The molecule has 0 heterocycles. The Hall–Kier alpha value is 0.390. The molecule has 0 saturated heterocycles. The maximum absolute atomic E-state index is 11.6. The lowest BCUT2D eigenvalue weighted by Crippen LogP contribution is -2.29. The molecule has 0 amide bonds. The van der Waals surface area contributed by atoms with Crippen LogP contribution in [0.2, 0.25) is 0 Å². The van der Waals surface area contributed by atoms with Crippen LogP contribution in [0.3, 0.4) is 0 Å². The van der Waals surface area contributed by atoms with E-state index in [1.54, 1.807) is 0 Å². The summed E-state index contributed by atoms with van der Waals surface area (Å²) in [6, 6.07) is 0.0699. The first-order valence-electron chi connectivity index (χ1n) is 3.45. The Morgan fingerprint density at radius 1 is 1.50 bits per heavy atom. The van der Waals surface area contributed by atoms with Crippen molar-refractivity contribution in [2.24, 2.45) is 0 Å². The number of alkyl halides is 4. The maximum Gasteiger partial charge on any atom is 0.441 e. The van der Waals surface area contributed by atoms with Crippen molar-refractivity contribution in [1.82, 2.24) is 5.32 Å². The minimum atomic E-state index is -4.12. The first kappa shape index (κ1) is 12.4. The van der Waals surface area contributed by atoms with Gasteiger partial charge < -0.3 is 5.32 Å². The number of halogens is 4. The summed E-state index contributed by atoms with van der Waals surface area (Å²) in [5.41, 5.74) is -4.12. The highest BCUT2D eigenvalue weighted by Crippen LogP contribution is 2.29. The monoisotopic (exact) mass is 221 g/mol. The highest BCUT2D eigenvalue weighted by molar-refractivity contribution is 8.00. The summed E-state index contributed by atoms with van der Waals surface area (Å²) in [7, 11) is 0. The molecule has 1 atom stereocenters. The van der Waals surface area contributed by atoms with Crippen molar-refractivity contribution in [1.29, 1.82) is 0 Å². The summed E-state index contributed by atoms with van der Waals surface area (Å²) in [5.74, 6) is 0.446. The van der Waals surface area contributed by atoms with Crippen molar-refractivity contribution in [2.45, 2.75) is 18.5 Å². The minimum absolute atomic E-state index is 0.0195. The summed E-state index contributed by atoms with van der Waals surface area (Å²) in [4.78, 5) is 0. The zero-order valence-corrected chi connectivity index (χ0v) is 8.19. The molecule has 1 unspecified atom stereocenters. The third-order valence-corrected chi connectivity index (χ3v) is 2.29. The van der Waals surface area contributed by atoms with Crippen LogP contribution < -0.4 is 5.32 Å². The van der Waals surface area contributed by atoms with E-state index in [0.29, 0.717) is 12.4 Å². The van der Waals surface area contributed by atoms with E-state index in [1.165, 1.54) is 0 Å². The normalized spacial score (nSPS) is 14.8. The molecule has 1 nitrogen and oxygen atoms in total. The molecule has 1 N–H and O–H groups in total. The maximum atomic E-state index is 11.6. The van der Waals surface area contributed by atoms with Crippen molar-refractivity contribution >= 4 is 23.4 Å². The standard InChI is InChI=1S/C6H11ClF3NS/c1-5(4-7)11-2-3-12-6(8,9)10/h5,11H,2-4H2,1H3. The molecule has 6 heteroatoms. The zero-order valence-electron chi connectivity index (χ0n) is 6.62. The Kier molecular flexibility index (Phi) is 6.13. The highest BCUT2D eigenvalue weighted by Gasteiger charge is 2.27. The van der Waals surface area contributed by atoms with Crippen molar-refractivity contribution < 1.29 is 13.2 Å². The SMILES string of the molecule is CC(CCl)NCCSC(F)(F)F. The van der Waals surface area contributed by atoms with E-state index in [1.807, 2.05) is 6.92 Å². The van der Waals surface area contributed by atoms with Crippen LogP contribution in [-0.2, 0) is 0 Å². The Balaban J connectivity index is 3.22. The fraction of sp³-hybridized carbons (Fsp3) is 1.00. The number of rotatable bonds is 5. The lowest BCUT2D eigenvalue weighted by molar-refractivity contribution is -0.0327. The van der Waals surface area contributed by atoms with Crippen LogP contribution in [0.15, 0.2) is 0 Å². The predicted octanol–water partition coefficient (Wildman–Crippen LogP) is 2.46. The Morgan fingerprint density at radius 2 is 2.08 bits per heavy atom. The molecule has 0 aliphatic rings. The number of nitrogens with one attached hydrogen (secondary N) is 1. The molecular weight excluding hydrogens is 211 g/mol. The van der Waals surface area contributed by atoms with Crippen molar-refractivity contribution in [3.63, 3.8) is 0 Å². The van der Waals surface area contributed by atoms with Gasteiger partial charge in [0.15, 0.2) is 0 Å². The van der Waals surface area contributed by atoms with Gasteiger partial charge >= 0.3 is 5.51 Å². The molecule has 0 rings (SSSR count). The largest absolute Gasteiger partial charge is 0.441 e. The molecule has 74 valence electrons. The third-order valence-electron chi connectivity index (χ3n) is 1.09. The van der Waals surface area contributed by atoms with Crippen molar-refractivity contribution in [3.8, 4) is 0 Å². The van der Waals surface area contributed by atoms with Gasteiger partial charge in [0.05, 0.1) is 0 Å². The van der Waals surface area contributed by atoms with Crippen LogP contribution in [0.25, 0.3) is 0 Å². The van der Waals surface area contributed by atoms with E-state index in [4.69, 9.17) is 11.6 Å². The van der Waals surface area contributed by atoms with Gasteiger partial charge in [-0.25, -0.2) is 0 Å². The second-order valence-corrected chi connectivity index (χ2v) is 3.77. The summed E-state index contributed by atoms with van der Waals surface area (Å²) < 4.78 is 34.7. The first-order valence-corrected chi connectivity index (χ1v) is 4.97. The second-order valence-electron chi connectivity index (χ2n) is 2.30. The molecule has 0 aromatic heterocycles. The topological polar surface area (TPSA) is 12.0 Å². The van der Waals surface area contributed by atoms with Crippen molar-refractivity contribution in [3.05, 3.63) is 0 Å². The van der Waals surface area contributed by atoms with E-state index in [2.05, 4.69) is 5.32 Å². The van der Waals surface area contributed by atoms with Crippen LogP contribution in [0, 0.1) is 0 Å². The molecule has 0 fully saturated rings. The Labute approximate surface area is 79.0 Å². The summed E-state index contributed by atoms with van der Waals surface area (Å²) in [6.45, 7) is 2.16. The first-order chi connectivity index (χ1) is 5.45. The lowest BCUT2D eigenvalue weighted by Gasteiger charge is -2.10. The van der Waals surface area contributed by atoms with E-state index in [9.17, 15) is 13.2 Å². The summed E-state index contributed by atoms with van der Waals surface area (Å²) in [5, 5.41) is 2.85. The third kappa shape index (κ3) is 8.49. The van der Waals surface area contributed by atoms with Gasteiger partial charge in [-0.2, -0.15) is 13.2 Å². The summed E-state index contributed by atoms with van der Waals surface area (Å²) >= 11 is 5.41. The predicted molar refractivity (Wildman–Crippen MR) is 46.7 cm³/mol.